The van der Waals surface area contributed by atoms with E-state index in [2.05, 4.69) is 11.6 Å². The fourth-order valence-electron chi connectivity index (χ4n) is 3.99. The second-order valence-electron chi connectivity index (χ2n) is 7.97. The van der Waals surface area contributed by atoms with Crippen LogP contribution < -0.4 is 24.3 Å². The van der Waals surface area contributed by atoms with Gasteiger partial charge in [0.2, 0.25) is 0 Å². The number of thiazole rings is 1. The van der Waals surface area contributed by atoms with Gasteiger partial charge >= 0.3 is 0 Å². The lowest BCUT2D eigenvalue weighted by Gasteiger charge is -2.14. The molecule has 6 nitrogen and oxygen atoms in total. The summed E-state index contributed by atoms with van der Waals surface area (Å²) in [6, 6.07) is 19.0. The number of methoxy groups -OCH3 is 1. The number of nitrogens with zero attached hydrogens (tertiary/aromatic N) is 2. The molecule has 3 aromatic carbocycles. The van der Waals surface area contributed by atoms with Gasteiger partial charge in [-0.05, 0) is 54.0 Å². The highest BCUT2D eigenvalue weighted by atomic mass is 35.5. The van der Waals surface area contributed by atoms with Gasteiger partial charge in [0.05, 0.1) is 27.7 Å². The molecule has 0 amide bonds. The lowest BCUT2D eigenvalue weighted by Crippen LogP contribution is -2.22. The number of halogens is 1. The van der Waals surface area contributed by atoms with Crippen LogP contribution in [0.4, 0.5) is 0 Å². The highest BCUT2D eigenvalue weighted by molar-refractivity contribution is 7.15. The van der Waals surface area contributed by atoms with Crippen LogP contribution in [-0.4, -0.2) is 29.7 Å². The molecule has 2 heterocycles. The first-order valence-corrected chi connectivity index (χ1v) is 12.5. The summed E-state index contributed by atoms with van der Waals surface area (Å²) in [4.78, 5) is 18.3. The molecule has 0 radical (unpaired) electrons. The van der Waals surface area contributed by atoms with Gasteiger partial charge in [-0.15, -0.1) is 6.58 Å². The van der Waals surface area contributed by atoms with Crippen molar-refractivity contribution in [2.45, 2.75) is 6.42 Å². The van der Waals surface area contributed by atoms with Crippen LogP contribution in [0, 0.1) is 0 Å². The zero-order valence-electron chi connectivity index (χ0n) is 19.6. The van der Waals surface area contributed by atoms with Crippen molar-refractivity contribution in [3.63, 3.8) is 0 Å². The lowest BCUT2D eigenvalue weighted by molar-refractivity contribution is 0.210. The number of imidazole rings is 1. The van der Waals surface area contributed by atoms with Crippen LogP contribution in [-0.2, 0) is 6.42 Å². The van der Waals surface area contributed by atoms with Gasteiger partial charge < -0.3 is 14.2 Å². The van der Waals surface area contributed by atoms with Crippen LogP contribution in [0.2, 0.25) is 5.02 Å². The Balaban J connectivity index is 1.36. The smallest absolute Gasteiger partial charge is 0.274 e. The number of ether oxygens (including phenoxy) is 3. The first kappa shape index (κ1) is 23.9. The number of hydrogen-bond donors (Lipinski definition) is 0. The minimum Gasteiger partial charge on any atom is -0.493 e. The van der Waals surface area contributed by atoms with Gasteiger partial charge in [0.25, 0.3) is 5.56 Å². The van der Waals surface area contributed by atoms with Crippen LogP contribution in [0.5, 0.6) is 17.2 Å². The second kappa shape index (κ2) is 10.4. The number of allylic oxidation sites excluding steroid dienone is 1. The van der Waals surface area contributed by atoms with Gasteiger partial charge in [-0.3, -0.25) is 4.79 Å². The Hall–Kier alpha value is -3.81. The number of rotatable bonds is 9. The highest BCUT2D eigenvalue weighted by Crippen LogP contribution is 2.36. The van der Waals surface area contributed by atoms with Crippen LogP contribution >= 0.6 is 22.9 Å². The molecule has 0 spiro atoms. The van der Waals surface area contributed by atoms with Crippen LogP contribution in [0.3, 0.4) is 0 Å². The monoisotopic (exact) mass is 518 g/mol. The van der Waals surface area contributed by atoms with E-state index in [-0.39, 0.29) is 12.2 Å². The number of fused-ring (bicyclic) bond motifs is 3. The van der Waals surface area contributed by atoms with E-state index in [0.717, 1.165) is 34.3 Å². The minimum atomic E-state index is -0.118. The maximum absolute atomic E-state index is 13.1. The lowest BCUT2D eigenvalue weighted by atomic mass is 10.1. The molecular weight excluding hydrogens is 496 g/mol. The Morgan fingerprint density at radius 3 is 2.67 bits per heavy atom. The average molecular weight is 519 g/mol. The van der Waals surface area contributed by atoms with Crippen molar-refractivity contribution in [2.24, 2.45) is 0 Å². The van der Waals surface area contributed by atoms with Gasteiger partial charge in [-0.1, -0.05) is 59.3 Å². The second-order valence-corrected chi connectivity index (χ2v) is 9.38. The zero-order chi connectivity index (χ0) is 25.1. The molecule has 0 saturated heterocycles. The largest absolute Gasteiger partial charge is 0.493 e. The molecule has 0 unspecified atom stereocenters. The molecule has 5 aromatic rings. The van der Waals surface area contributed by atoms with Crippen molar-refractivity contribution in [1.29, 1.82) is 0 Å². The van der Waals surface area contributed by atoms with Crippen molar-refractivity contribution in [2.75, 3.05) is 20.3 Å². The van der Waals surface area contributed by atoms with Gasteiger partial charge in [0, 0.05) is 0 Å². The summed E-state index contributed by atoms with van der Waals surface area (Å²) in [5.74, 6) is 1.70. The fraction of sp³-hybridized carbons (Fsp3) is 0.143. The van der Waals surface area contributed by atoms with E-state index in [9.17, 15) is 4.79 Å². The minimum absolute atomic E-state index is 0.118. The van der Waals surface area contributed by atoms with Gasteiger partial charge in [0.15, 0.2) is 16.5 Å². The van der Waals surface area contributed by atoms with Crippen molar-refractivity contribution in [3.8, 4) is 17.2 Å². The Labute approximate surface area is 216 Å². The molecule has 0 aliphatic heterocycles. The maximum Gasteiger partial charge on any atom is 0.274 e. The summed E-state index contributed by atoms with van der Waals surface area (Å²) in [5.41, 5.74) is 3.27. The quantitative estimate of drug-likeness (QED) is 0.195. The topological polar surface area (TPSA) is 62.1 Å². The van der Waals surface area contributed by atoms with Gasteiger partial charge in [-0.2, -0.15) is 0 Å². The van der Waals surface area contributed by atoms with Crippen LogP contribution in [0.15, 0.2) is 78.1 Å². The molecule has 0 N–H and O–H groups in total. The molecule has 182 valence electrons. The number of benzene rings is 3. The highest BCUT2D eigenvalue weighted by Gasteiger charge is 2.14. The fourth-order valence-corrected chi connectivity index (χ4v) is 5.25. The van der Waals surface area contributed by atoms with Crippen LogP contribution in [0.1, 0.15) is 11.1 Å². The zero-order valence-corrected chi connectivity index (χ0v) is 21.1. The SMILES string of the molecule is C=CCc1ccccc1OCCOc1c(Cl)cc(C=c2sc3nc4ccccc4n3c2=O)cc1OC. The van der Waals surface area contributed by atoms with Gasteiger partial charge in [0.1, 0.15) is 19.0 Å². The molecule has 0 fully saturated rings. The molecule has 0 atom stereocenters. The Morgan fingerprint density at radius 2 is 1.83 bits per heavy atom. The summed E-state index contributed by atoms with van der Waals surface area (Å²) in [6.07, 6.45) is 4.36. The Kier molecular flexibility index (Phi) is 6.93. The van der Waals surface area contributed by atoms with Crippen molar-refractivity contribution in [1.82, 2.24) is 9.38 Å². The van der Waals surface area contributed by atoms with Crippen LogP contribution in [0.25, 0.3) is 22.1 Å². The van der Waals surface area contributed by atoms with Crippen molar-refractivity contribution >= 4 is 45.0 Å². The summed E-state index contributed by atoms with van der Waals surface area (Å²) < 4.78 is 19.5. The Morgan fingerprint density at radius 1 is 1.06 bits per heavy atom. The number of aromatic nitrogens is 2. The molecule has 2 aromatic heterocycles. The average Bonchev–Trinajstić information content (AvgIpc) is 3.39. The molecule has 0 aliphatic carbocycles. The summed E-state index contributed by atoms with van der Waals surface area (Å²) >= 11 is 7.88. The maximum atomic E-state index is 13.1. The van der Waals surface area contributed by atoms with E-state index in [0.29, 0.717) is 32.6 Å². The third-order valence-electron chi connectivity index (χ3n) is 5.62. The predicted molar refractivity (Wildman–Crippen MR) is 145 cm³/mol. The van der Waals surface area contributed by atoms with E-state index in [1.807, 2.05) is 54.6 Å². The van der Waals surface area contributed by atoms with E-state index in [1.165, 1.54) is 11.3 Å². The van der Waals surface area contributed by atoms with Crippen molar-refractivity contribution < 1.29 is 14.2 Å². The standard InChI is InChI=1S/C28H23ClN2O4S/c1-3-8-19-9-4-7-12-23(19)34-13-14-35-26-20(29)15-18(16-24(26)33-2)17-25-27(32)31-22-11-6-5-10-21(22)30-28(31)36-25/h3-7,9-12,15-17H,1,8,13-14H2,2H3. The predicted octanol–water partition coefficient (Wildman–Crippen LogP) is 5.31. The van der Waals surface area contributed by atoms with E-state index < -0.39 is 0 Å². The normalized spacial score (nSPS) is 11.8. The first-order chi connectivity index (χ1) is 17.6. The van der Waals surface area contributed by atoms with Gasteiger partial charge in [-0.25, -0.2) is 9.38 Å². The third kappa shape index (κ3) is 4.67. The molecule has 0 bridgehead atoms. The summed E-state index contributed by atoms with van der Waals surface area (Å²) in [7, 11) is 1.55. The first-order valence-electron chi connectivity index (χ1n) is 11.3. The van der Waals surface area contributed by atoms with Crippen molar-refractivity contribution in [3.05, 3.63) is 104 Å². The van der Waals surface area contributed by atoms with E-state index >= 15 is 0 Å². The number of para-hydroxylation sites is 3. The molecule has 36 heavy (non-hydrogen) atoms. The van der Waals surface area contributed by atoms with E-state index in [4.69, 9.17) is 25.8 Å². The molecule has 0 saturated carbocycles. The Bertz CT molecular complexity index is 1670. The molecular formula is C28H23ClN2O4S. The summed E-state index contributed by atoms with van der Waals surface area (Å²) in [5, 5.41) is 0.381. The molecule has 0 aliphatic rings. The molecule has 5 rings (SSSR count). The summed E-state index contributed by atoms with van der Waals surface area (Å²) in [6.45, 7) is 4.40. The van der Waals surface area contributed by atoms with E-state index in [1.54, 1.807) is 29.7 Å². The number of hydrogen-bond acceptors (Lipinski definition) is 6. The molecule has 8 heteroatoms. The third-order valence-corrected chi connectivity index (χ3v) is 6.87.